The molecule has 264 valence electrons. The topological polar surface area (TPSA) is 31.0 Å². The summed E-state index contributed by atoms with van der Waals surface area (Å²) in [5, 5.41) is 2.60. The Morgan fingerprint density at radius 2 is 0.889 bits per heavy atom. The second-order valence-corrected chi connectivity index (χ2v) is 16.5. The molecule has 0 radical (unpaired) electrons. The van der Waals surface area contributed by atoms with E-state index in [-0.39, 0.29) is 10.8 Å². The molecule has 0 aliphatic heterocycles. The predicted molar refractivity (Wildman–Crippen MR) is 227 cm³/mol. The Morgan fingerprint density at radius 3 is 1.39 bits per heavy atom. The second-order valence-electron chi connectivity index (χ2n) is 16.5. The van der Waals surface area contributed by atoms with E-state index in [9.17, 15) is 0 Å². The van der Waals surface area contributed by atoms with Crippen LogP contribution in [0, 0.1) is 0 Å². The van der Waals surface area contributed by atoms with Crippen LogP contribution in [-0.4, -0.2) is 9.55 Å². The van der Waals surface area contributed by atoms with Crippen LogP contribution in [0.2, 0.25) is 0 Å². The van der Waals surface area contributed by atoms with Crippen molar-refractivity contribution in [3.05, 3.63) is 169 Å². The highest BCUT2D eigenvalue weighted by Crippen LogP contribution is 2.41. The Kier molecular flexibility index (Phi) is 7.94. The zero-order chi connectivity index (χ0) is 37.2. The number of para-hydroxylation sites is 2. The van der Waals surface area contributed by atoms with Crippen LogP contribution < -0.4 is 0 Å². The Balaban J connectivity index is 1.10. The van der Waals surface area contributed by atoms with Crippen LogP contribution in [0.25, 0.3) is 83.4 Å². The Bertz CT molecular complexity index is 2710. The monoisotopic (exact) mass is 700 g/mol. The summed E-state index contributed by atoms with van der Waals surface area (Å²) in [7, 11) is 0. The van der Waals surface area contributed by atoms with Crippen molar-refractivity contribution in [1.82, 2.24) is 9.55 Å². The molecule has 0 N–H and O–H groups in total. The summed E-state index contributed by atoms with van der Waals surface area (Å²) in [4.78, 5) is 4.70. The van der Waals surface area contributed by atoms with Crippen molar-refractivity contribution in [2.75, 3.05) is 0 Å². The molecule has 2 heterocycles. The number of fused-ring (bicyclic) bond motifs is 4. The van der Waals surface area contributed by atoms with Crippen molar-refractivity contribution in [2.45, 2.75) is 52.4 Å². The lowest BCUT2D eigenvalue weighted by Crippen LogP contribution is -2.10. The molecule has 9 aromatic rings. The van der Waals surface area contributed by atoms with Crippen LogP contribution >= 0.6 is 0 Å². The van der Waals surface area contributed by atoms with Crippen LogP contribution in [0.3, 0.4) is 0 Å². The smallest absolute Gasteiger partial charge is 0.227 e. The predicted octanol–water partition coefficient (Wildman–Crippen LogP) is 14.2. The van der Waals surface area contributed by atoms with E-state index in [0.717, 1.165) is 27.9 Å². The van der Waals surface area contributed by atoms with Crippen molar-refractivity contribution >= 4 is 32.9 Å². The van der Waals surface area contributed by atoms with Gasteiger partial charge in [-0.2, -0.15) is 0 Å². The van der Waals surface area contributed by atoms with Gasteiger partial charge in [0.1, 0.15) is 5.52 Å². The molecule has 0 saturated carbocycles. The SMILES string of the molecule is CC(C)(C)c1ccc2c(c1)c1cc(C(C)(C)C)ccc1n2-c1ccc(-c2ccccc2-c2ccccc2-c2ccc(-c3nc4ccccc4o3)cc2)cc1. The highest BCUT2D eigenvalue weighted by atomic mass is 16.3. The van der Waals surface area contributed by atoms with Crippen molar-refractivity contribution in [2.24, 2.45) is 0 Å². The van der Waals surface area contributed by atoms with Crippen LogP contribution in [0.5, 0.6) is 0 Å². The van der Waals surface area contributed by atoms with Crippen LogP contribution in [-0.2, 0) is 10.8 Å². The number of rotatable bonds is 5. The Morgan fingerprint density at radius 1 is 0.444 bits per heavy atom. The largest absolute Gasteiger partial charge is 0.436 e. The van der Waals surface area contributed by atoms with Crippen LogP contribution in [0.15, 0.2) is 162 Å². The minimum atomic E-state index is 0.0638. The Hall–Kier alpha value is -6.19. The summed E-state index contributed by atoms with van der Waals surface area (Å²) >= 11 is 0. The van der Waals surface area contributed by atoms with Gasteiger partial charge in [0.2, 0.25) is 5.89 Å². The van der Waals surface area contributed by atoms with Crippen molar-refractivity contribution < 1.29 is 4.42 Å². The Labute approximate surface area is 317 Å². The number of hydrogen-bond donors (Lipinski definition) is 0. The molecule has 54 heavy (non-hydrogen) atoms. The van der Waals surface area contributed by atoms with Gasteiger partial charge < -0.3 is 8.98 Å². The minimum absolute atomic E-state index is 0.0638. The molecule has 0 atom stereocenters. The number of benzene rings is 7. The zero-order valence-electron chi connectivity index (χ0n) is 31.8. The minimum Gasteiger partial charge on any atom is -0.436 e. The number of hydrogen-bond acceptors (Lipinski definition) is 2. The third-order valence-electron chi connectivity index (χ3n) is 10.8. The second kappa shape index (κ2) is 12.7. The fraction of sp³-hybridized carbons (Fsp3) is 0.157. The maximum atomic E-state index is 6.05. The van der Waals surface area contributed by atoms with Gasteiger partial charge in [0.15, 0.2) is 5.58 Å². The third-order valence-corrected chi connectivity index (χ3v) is 10.8. The lowest BCUT2D eigenvalue weighted by molar-refractivity contribution is 0.590. The standard InChI is InChI=1S/C51H44N2O/c1-50(2,3)36-25-29-46-43(31-36)44-32-37(51(4,5)6)26-30-47(44)53(46)38-27-23-34(24-28-38)40-14-8-10-16-42(40)41-15-9-7-13-39(41)33-19-21-35(22-20-33)49-52-45-17-11-12-18-48(45)54-49/h7-32H,1-6H3. The van der Waals surface area contributed by atoms with E-state index in [1.165, 1.54) is 60.8 Å². The first kappa shape index (κ1) is 33.6. The third kappa shape index (κ3) is 5.90. The van der Waals surface area contributed by atoms with Crippen molar-refractivity contribution in [3.8, 4) is 50.5 Å². The summed E-state index contributed by atoms with van der Waals surface area (Å²) in [5.74, 6) is 0.634. The summed E-state index contributed by atoms with van der Waals surface area (Å²) in [6.45, 7) is 13.8. The van der Waals surface area contributed by atoms with Gasteiger partial charge in [0.05, 0.1) is 11.0 Å². The molecule has 9 rings (SSSR count). The molecular formula is C51H44N2O. The molecule has 0 fully saturated rings. The molecule has 2 aromatic heterocycles. The fourth-order valence-electron chi connectivity index (χ4n) is 7.75. The quantitative estimate of drug-likeness (QED) is 0.179. The first-order valence-electron chi connectivity index (χ1n) is 18.9. The molecule has 0 aliphatic rings. The van der Waals surface area contributed by atoms with Gasteiger partial charge in [0, 0.05) is 22.0 Å². The van der Waals surface area contributed by atoms with E-state index >= 15 is 0 Å². The van der Waals surface area contributed by atoms with Gasteiger partial charge in [0.25, 0.3) is 0 Å². The van der Waals surface area contributed by atoms with Gasteiger partial charge in [-0.15, -0.1) is 0 Å². The fourth-order valence-corrected chi connectivity index (χ4v) is 7.75. The van der Waals surface area contributed by atoms with E-state index in [2.05, 4.69) is 180 Å². The number of aromatic nitrogens is 2. The molecule has 3 nitrogen and oxygen atoms in total. The molecule has 7 aromatic carbocycles. The van der Waals surface area contributed by atoms with E-state index in [0.29, 0.717) is 5.89 Å². The molecule has 0 saturated heterocycles. The average molecular weight is 701 g/mol. The van der Waals surface area contributed by atoms with Crippen LogP contribution in [0.1, 0.15) is 52.7 Å². The highest BCUT2D eigenvalue weighted by Gasteiger charge is 2.21. The van der Waals surface area contributed by atoms with E-state index in [1.807, 2.05) is 24.3 Å². The number of oxazole rings is 1. The lowest BCUT2D eigenvalue weighted by atomic mass is 9.85. The van der Waals surface area contributed by atoms with Gasteiger partial charge in [-0.25, -0.2) is 4.98 Å². The molecule has 0 unspecified atom stereocenters. The molecule has 3 heteroatoms. The van der Waals surface area contributed by atoms with Gasteiger partial charge in [-0.05, 0) is 116 Å². The molecule has 0 aliphatic carbocycles. The number of nitrogens with zero attached hydrogens (tertiary/aromatic N) is 2. The van der Waals surface area contributed by atoms with Gasteiger partial charge in [-0.3, -0.25) is 0 Å². The highest BCUT2D eigenvalue weighted by molar-refractivity contribution is 6.10. The zero-order valence-corrected chi connectivity index (χ0v) is 31.8. The normalized spacial score (nSPS) is 12.3. The van der Waals surface area contributed by atoms with E-state index in [1.54, 1.807) is 0 Å². The molecule has 0 spiro atoms. The van der Waals surface area contributed by atoms with Crippen LogP contribution in [0.4, 0.5) is 0 Å². The van der Waals surface area contributed by atoms with E-state index < -0.39 is 0 Å². The molecule has 0 bridgehead atoms. The maximum absolute atomic E-state index is 6.05. The van der Waals surface area contributed by atoms with Gasteiger partial charge >= 0.3 is 0 Å². The maximum Gasteiger partial charge on any atom is 0.227 e. The first-order valence-corrected chi connectivity index (χ1v) is 18.9. The van der Waals surface area contributed by atoms with E-state index in [4.69, 9.17) is 9.40 Å². The lowest BCUT2D eigenvalue weighted by Gasteiger charge is -2.19. The summed E-state index contributed by atoms with van der Waals surface area (Å²) < 4.78 is 8.48. The average Bonchev–Trinajstić information content (AvgIpc) is 3.76. The molecule has 0 amide bonds. The summed E-state index contributed by atoms with van der Waals surface area (Å²) in [5.41, 5.74) is 16.2. The summed E-state index contributed by atoms with van der Waals surface area (Å²) in [6, 6.07) is 57.0. The van der Waals surface area contributed by atoms with Crippen molar-refractivity contribution in [1.29, 1.82) is 0 Å². The molecular weight excluding hydrogens is 657 g/mol. The first-order chi connectivity index (χ1) is 26.0. The van der Waals surface area contributed by atoms with Crippen molar-refractivity contribution in [3.63, 3.8) is 0 Å². The van der Waals surface area contributed by atoms with Gasteiger partial charge in [-0.1, -0.05) is 139 Å². The summed E-state index contributed by atoms with van der Waals surface area (Å²) in [6.07, 6.45) is 0.